The molecular formula is C26H23ClN6O4S. The molecule has 3 amide bonds. The van der Waals surface area contributed by atoms with Gasteiger partial charge in [-0.05, 0) is 35.9 Å². The summed E-state index contributed by atoms with van der Waals surface area (Å²) in [5.74, 6) is 0.527. The summed E-state index contributed by atoms with van der Waals surface area (Å²) in [4.78, 5) is 39.9. The molecule has 0 spiro atoms. The molecule has 2 aromatic carbocycles. The van der Waals surface area contributed by atoms with Crippen molar-refractivity contribution in [2.24, 2.45) is 0 Å². The lowest BCUT2D eigenvalue weighted by Crippen LogP contribution is -2.35. The molecule has 0 saturated carbocycles. The second kappa shape index (κ2) is 10.2. The van der Waals surface area contributed by atoms with E-state index in [2.05, 4.69) is 25.5 Å². The number of nitrogens with one attached hydrogen (secondary N) is 2. The molecule has 2 aliphatic heterocycles. The molecule has 4 heterocycles. The van der Waals surface area contributed by atoms with Gasteiger partial charge in [0, 0.05) is 25.3 Å². The maximum absolute atomic E-state index is 13.3. The van der Waals surface area contributed by atoms with Gasteiger partial charge in [-0.3, -0.25) is 9.69 Å². The topological polar surface area (TPSA) is 109 Å². The van der Waals surface area contributed by atoms with Gasteiger partial charge < -0.3 is 20.1 Å². The van der Waals surface area contributed by atoms with Gasteiger partial charge >= 0.3 is 6.03 Å². The number of methoxy groups -OCH3 is 1. The molecule has 0 bridgehead atoms. The number of thiophene rings is 1. The van der Waals surface area contributed by atoms with E-state index in [1.807, 2.05) is 24.3 Å². The Morgan fingerprint density at radius 2 is 1.97 bits per heavy atom. The summed E-state index contributed by atoms with van der Waals surface area (Å²) >= 11 is 7.50. The Hall–Kier alpha value is -3.77. The smallest absolute Gasteiger partial charge is 0.332 e. The van der Waals surface area contributed by atoms with Crippen LogP contribution in [0.3, 0.4) is 0 Å². The Morgan fingerprint density at radius 1 is 1.18 bits per heavy atom. The first kappa shape index (κ1) is 24.6. The van der Waals surface area contributed by atoms with Crippen molar-refractivity contribution >= 4 is 68.0 Å². The van der Waals surface area contributed by atoms with Gasteiger partial charge in [-0.1, -0.05) is 23.7 Å². The molecule has 1 fully saturated rings. The number of morpholine rings is 1. The number of halogens is 1. The molecule has 194 valence electrons. The van der Waals surface area contributed by atoms with Crippen LogP contribution in [0, 0.1) is 0 Å². The number of hydrogen-bond donors (Lipinski definition) is 2. The number of urea groups is 1. The molecule has 10 nitrogen and oxygen atoms in total. The molecule has 0 radical (unpaired) electrons. The number of carbonyl (C=O) groups excluding carboxylic acids is 2. The third kappa shape index (κ3) is 4.54. The minimum Gasteiger partial charge on any atom is -0.495 e. The average Bonchev–Trinajstić information content (AvgIpc) is 3.30. The van der Waals surface area contributed by atoms with E-state index < -0.39 is 6.03 Å². The van der Waals surface area contributed by atoms with Crippen LogP contribution >= 0.6 is 22.9 Å². The van der Waals surface area contributed by atoms with E-state index >= 15 is 0 Å². The highest BCUT2D eigenvalue weighted by Gasteiger charge is 2.34. The molecule has 4 aromatic rings. The van der Waals surface area contributed by atoms with Crippen molar-refractivity contribution in [2.75, 3.05) is 48.9 Å². The summed E-state index contributed by atoms with van der Waals surface area (Å²) in [5.41, 5.74) is 2.72. The van der Waals surface area contributed by atoms with Crippen LogP contribution in [0.15, 0.2) is 48.8 Å². The number of anilines is 4. The Morgan fingerprint density at radius 3 is 2.71 bits per heavy atom. The number of benzene rings is 2. The number of amides is 3. The number of hydrogen-bond acceptors (Lipinski definition) is 8. The number of rotatable bonds is 6. The van der Waals surface area contributed by atoms with Gasteiger partial charge in [0.15, 0.2) is 5.82 Å². The molecule has 2 aromatic heterocycles. The lowest BCUT2D eigenvalue weighted by molar-refractivity contribution is 0.0342. The molecule has 0 aliphatic carbocycles. The van der Waals surface area contributed by atoms with Crippen molar-refractivity contribution in [2.45, 2.75) is 6.54 Å². The first-order valence-electron chi connectivity index (χ1n) is 11.9. The molecule has 6 rings (SSSR count). The predicted molar refractivity (Wildman–Crippen MR) is 147 cm³/mol. The van der Waals surface area contributed by atoms with Gasteiger partial charge in [0.2, 0.25) is 0 Å². The quantitative estimate of drug-likeness (QED) is 0.343. The zero-order valence-electron chi connectivity index (χ0n) is 20.4. The second-order valence-electron chi connectivity index (χ2n) is 8.81. The standard InChI is InChI=1S/C26H23ClN6O4S/c1-36-19-7-6-17(12-18(19)27)33-23-20-21(31-26(33)35)22(38-25(20)29-14-28-23)24(34)30-16-4-2-15(3-5-16)13-32-8-10-37-11-9-32/h2-7,12,14H,8-11,13H2,1H3,(H,30,34)(H,31,35). The highest BCUT2D eigenvalue weighted by Crippen LogP contribution is 2.45. The molecule has 0 atom stereocenters. The SMILES string of the molecule is COc1ccc(N2C(=O)Nc3c(C(=O)Nc4ccc(CN5CCOCC5)cc4)sc4ncnc2c34)cc1Cl. The van der Waals surface area contributed by atoms with Crippen LogP contribution < -0.4 is 20.3 Å². The van der Waals surface area contributed by atoms with Crippen molar-refractivity contribution in [1.82, 2.24) is 14.9 Å². The summed E-state index contributed by atoms with van der Waals surface area (Å²) in [5, 5.41) is 6.75. The Bertz CT molecular complexity index is 1540. The largest absolute Gasteiger partial charge is 0.495 e. The highest BCUT2D eigenvalue weighted by molar-refractivity contribution is 7.21. The van der Waals surface area contributed by atoms with Crippen molar-refractivity contribution in [3.63, 3.8) is 0 Å². The van der Waals surface area contributed by atoms with Crippen LogP contribution in [0.5, 0.6) is 5.75 Å². The maximum atomic E-state index is 13.3. The van der Waals surface area contributed by atoms with E-state index in [1.54, 1.807) is 18.2 Å². The Kier molecular flexibility index (Phi) is 6.58. The Labute approximate surface area is 227 Å². The fourth-order valence-corrected chi connectivity index (χ4v) is 5.80. The molecule has 0 unspecified atom stereocenters. The zero-order valence-corrected chi connectivity index (χ0v) is 21.9. The first-order chi connectivity index (χ1) is 18.5. The summed E-state index contributed by atoms with van der Waals surface area (Å²) in [6.07, 6.45) is 1.38. The van der Waals surface area contributed by atoms with Crippen LogP contribution in [-0.2, 0) is 11.3 Å². The van der Waals surface area contributed by atoms with Crippen molar-refractivity contribution < 1.29 is 19.1 Å². The van der Waals surface area contributed by atoms with E-state index in [4.69, 9.17) is 21.1 Å². The van der Waals surface area contributed by atoms with Gasteiger partial charge in [0.1, 0.15) is 21.8 Å². The molecule has 1 saturated heterocycles. The predicted octanol–water partition coefficient (Wildman–Crippen LogP) is 5.12. The molecule has 38 heavy (non-hydrogen) atoms. The highest BCUT2D eigenvalue weighted by atomic mass is 35.5. The van der Waals surface area contributed by atoms with Crippen molar-refractivity contribution in [3.8, 4) is 5.75 Å². The molecule has 12 heteroatoms. The minimum atomic E-state index is -0.460. The van der Waals surface area contributed by atoms with E-state index in [1.165, 1.54) is 29.7 Å². The second-order valence-corrected chi connectivity index (χ2v) is 10.2. The molecule has 2 aliphatic rings. The van der Waals surface area contributed by atoms with E-state index in [0.29, 0.717) is 48.7 Å². The monoisotopic (exact) mass is 550 g/mol. The number of aromatic nitrogens is 2. The molecule has 2 N–H and O–H groups in total. The van der Waals surface area contributed by atoms with Gasteiger partial charge in [-0.25, -0.2) is 19.7 Å². The van der Waals surface area contributed by atoms with Crippen LogP contribution in [0.2, 0.25) is 5.02 Å². The third-order valence-corrected chi connectivity index (χ3v) is 7.83. The van der Waals surface area contributed by atoms with Crippen molar-refractivity contribution in [3.05, 3.63) is 64.3 Å². The van der Waals surface area contributed by atoms with E-state index in [-0.39, 0.29) is 5.91 Å². The first-order valence-corrected chi connectivity index (χ1v) is 13.1. The summed E-state index contributed by atoms with van der Waals surface area (Å²) < 4.78 is 10.6. The van der Waals surface area contributed by atoms with Crippen LogP contribution in [-0.4, -0.2) is 60.2 Å². The fourth-order valence-electron chi connectivity index (χ4n) is 4.56. The maximum Gasteiger partial charge on any atom is 0.332 e. The van der Waals surface area contributed by atoms with E-state index in [0.717, 1.165) is 38.4 Å². The van der Waals surface area contributed by atoms with Gasteiger partial charge in [-0.15, -0.1) is 11.3 Å². The summed E-state index contributed by atoms with van der Waals surface area (Å²) in [7, 11) is 1.52. The van der Waals surface area contributed by atoms with Gasteiger partial charge in [-0.2, -0.15) is 0 Å². The number of ether oxygens (including phenoxy) is 2. The van der Waals surface area contributed by atoms with Crippen LogP contribution in [0.4, 0.5) is 27.7 Å². The fraction of sp³-hybridized carbons (Fsp3) is 0.231. The average molecular weight is 551 g/mol. The lowest BCUT2D eigenvalue weighted by atomic mass is 10.1. The number of nitrogens with zero attached hydrogens (tertiary/aromatic N) is 4. The van der Waals surface area contributed by atoms with Crippen LogP contribution in [0.1, 0.15) is 15.2 Å². The van der Waals surface area contributed by atoms with Gasteiger partial charge in [0.05, 0.1) is 42.1 Å². The van der Waals surface area contributed by atoms with Crippen LogP contribution in [0.25, 0.3) is 10.2 Å². The lowest BCUT2D eigenvalue weighted by Gasteiger charge is -2.27. The summed E-state index contributed by atoms with van der Waals surface area (Å²) in [6, 6.07) is 12.3. The molecular weight excluding hydrogens is 528 g/mol. The van der Waals surface area contributed by atoms with E-state index in [9.17, 15) is 9.59 Å². The number of carbonyl (C=O) groups is 2. The third-order valence-electron chi connectivity index (χ3n) is 6.44. The minimum absolute atomic E-state index is 0.337. The van der Waals surface area contributed by atoms with Crippen molar-refractivity contribution in [1.29, 1.82) is 0 Å². The normalized spacial score (nSPS) is 15.4. The Balaban J connectivity index is 1.26. The zero-order chi connectivity index (χ0) is 26.2. The van der Waals surface area contributed by atoms with Gasteiger partial charge in [0.25, 0.3) is 5.91 Å². The summed E-state index contributed by atoms with van der Waals surface area (Å²) in [6.45, 7) is 4.15.